The third-order valence-corrected chi connectivity index (χ3v) is 5.34. The molecule has 2 aliphatic heterocycles. The zero-order valence-corrected chi connectivity index (χ0v) is 10.8. The summed E-state index contributed by atoms with van der Waals surface area (Å²) in [5.74, 6) is 2.58. The highest BCUT2D eigenvalue weighted by atomic mass is 32.2. The van der Waals surface area contributed by atoms with Crippen molar-refractivity contribution in [2.75, 3.05) is 24.6 Å². The topological polar surface area (TPSA) is 40.5 Å². The maximum Gasteiger partial charge on any atom is 0.324 e. The van der Waals surface area contributed by atoms with Crippen molar-refractivity contribution in [2.45, 2.75) is 38.1 Å². The lowest BCUT2D eigenvalue weighted by atomic mass is 9.92. The van der Waals surface area contributed by atoms with Gasteiger partial charge in [0.1, 0.15) is 5.54 Å². The van der Waals surface area contributed by atoms with Gasteiger partial charge in [-0.15, -0.1) is 0 Å². The Bertz CT molecular complexity index is 266. The first-order valence-corrected chi connectivity index (χ1v) is 7.40. The van der Waals surface area contributed by atoms with E-state index in [0.717, 1.165) is 32.4 Å². The van der Waals surface area contributed by atoms with E-state index in [-0.39, 0.29) is 0 Å². The van der Waals surface area contributed by atoms with E-state index in [0.29, 0.717) is 5.92 Å². The van der Waals surface area contributed by atoms with Gasteiger partial charge in [-0.25, -0.2) is 0 Å². The van der Waals surface area contributed by atoms with Gasteiger partial charge in [-0.2, -0.15) is 11.8 Å². The molecule has 0 amide bonds. The predicted molar refractivity (Wildman–Crippen MR) is 66.9 cm³/mol. The fourth-order valence-corrected chi connectivity index (χ4v) is 4.31. The molecule has 2 fully saturated rings. The molecule has 1 N–H and O–H groups in total. The average molecular weight is 243 g/mol. The highest BCUT2D eigenvalue weighted by molar-refractivity contribution is 7.99. The van der Waals surface area contributed by atoms with Crippen LogP contribution in [0.5, 0.6) is 0 Å². The molecule has 2 heterocycles. The van der Waals surface area contributed by atoms with Crippen molar-refractivity contribution in [1.29, 1.82) is 0 Å². The van der Waals surface area contributed by atoms with Crippen LogP contribution in [0.25, 0.3) is 0 Å². The van der Waals surface area contributed by atoms with Crippen LogP contribution >= 0.6 is 11.8 Å². The summed E-state index contributed by atoms with van der Waals surface area (Å²) in [5, 5.41) is 9.46. The minimum atomic E-state index is -0.613. The predicted octanol–water partition coefficient (Wildman–Crippen LogP) is 2.07. The van der Waals surface area contributed by atoms with Crippen LogP contribution in [0.15, 0.2) is 0 Å². The lowest BCUT2D eigenvalue weighted by Gasteiger charge is -2.35. The number of carboxylic acids is 1. The molecule has 2 unspecified atom stereocenters. The quantitative estimate of drug-likeness (QED) is 0.820. The zero-order chi connectivity index (χ0) is 11.6. The molecule has 2 rings (SSSR count). The highest BCUT2D eigenvalue weighted by Crippen LogP contribution is 2.35. The minimum Gasteiger partial charge on any atom is -0.480 e. The maximum atomic E-state index is 11.5. The lowest BCUT2D eigenvalue weighted by molar-refractivity contribution is -0.150. The van der Waals surface area contributed by atoms with E-state index in [2.05, 4.69) is 4.90 Å². The summed E-state index contributed by atoms with van der Waals surface area (Å²) >= 11 is 2.01. The Labute approximate surface area is 102 Å². The van der Waals surface area contributed by atoms with Gasteiger partial charge in [0.15, 0.2) is 0 Å². The van der Waals surface area contributed by atoms with Gasteiger partial charge in [-0.1, -0.05) is 6.92 Å². The first-order valence-electron chi connectivity index (χ1n) is 6.25. The van der Waals surface area contributed by atoms with Crippen LogP contribution in [-0.2, 0) is 4.79 Å². The third kappa shape index (κ3) is 2.09. The number of likely N-dealkylation sites (tertiary alicyclic amines) is 1. The average Bonchev–Trinajstić information content (AvgIpc) is 2.88. The number of rotatable bonds is 4. The monoisotopic (exact) mass is 243 g/mol. The number of carbonyl (C=O) groups is 1. The number of hydrogen-bond donors (Lipinski definition) is 1. The van der Waals surface area contributed by atoms with E-state index in [1.165, 1.54) is 17.9 Å². The summed E-state index contributed by atoms with van der Waals surface area (Å²) in [6.07, 6.45) is 3.88. The van der Waals surface area contributed by atoms with Gasteiger partial charge in [0, 0.05) is 6.54 Å². The molecule has 0 radical (unpaired) electrons. The molecule has 2 saturated heterocycles. The van der Waals surface area contributed by atoms with E-state index in [1.54, 1.807) is 0 Å². The van der Waals surface area contributed by atoms with Crippen LogP contribution in [0, 0.1) is 5.92 Å². The summed E-state index contributed by atoms with van der Waals surface area (Å²) < 4.78 is 0. The summed E-state index contributed by atoms with van der Waals surface area (Å²) in [4.78, 5) is 13.7. The molecule has 2 aliphatic rings. The largest absolute Gasteiger partial charge is 0.480 e. The number of thioether (sulfide) groups is 1. The molecular weight excluding hydrogens is 222 g/mol. The van der Waals surface area contributed by atoms with Gasteiger partial charge in [-0.05, 0) is 49.7 Å². The van der Waals surface area contributed by atoms with Crippen molar-refractivity contribution < 1.29 is 9.90 Å². The second-order valence-corrected chi connectivity index (χ2v) is 6.12. The third-order valence-electron chi connectivity index (χ3n) is 4.11. The molecule has 0 aromatic carbocycles. The van der Waals surface area contributed by atoms with Crippen LogP contribution in [-0.4, -0.2) is 46.1 Å². The Kier molecular flexibility index (Phi) is 3.80. The van der Waals surface area contributed by atoms with E-state index < -0.39 is 11.5 Å². The standard InChI is InChI=1S/C12H21NO2S/c1-2-12(11(14)15)5-3-6-13(12)8-10-4-7-16-9-10/h10H,2-9H2,1H3,(H,14,15). The smallest absolute Gasteiger partial charge is 0.324 e. The van der Waals surface area contributed by atoms with E-state index in [9.17, 15) is 9.90 Å². The van der Waals surface area contributed by atoms with Crippen molar-refractivity contribution in [3.63, 3.8) is 0 Å². The van der Waals surface area contributed by atoms with Gasteiger partial charge >= 0.3 is 5.97 Å². The van der Waals surface area contributed by atoms with Gasteiger partial charge in [0.25, 0.3) is 0 Å². The number of aliphatic carboxylic acids is 1. The second kappa shape index (κ2) is 4.96. The van der Waals surface area contributed by atoms with E-state index in [4.69, 9.17) is 0 Å². The molecule has 4 heteroatoms. The Hall–Kier alpha value is -0.220. The molecule has 0 aliphatic carbocycles. The Morgan fingerprint density at radius 1 is 1.62 bits per heavy atom. The zero-order valence-electron chi connectivity index (χ0n) is 9.95. The van der Waals surface area contributed by atoms with Crippen molar-refractivity contribution >= 4 is 17.7 Å². The molecule has 0 aromatic heterocycles. The molecule has 0 aromatic rings. The Balaban J connectivity index is 2.03. The number of carboxylic acid groups (broad SMARTS) is 1. The fraction of sp³-hybridized carbons (Fsp3) is 0.917. The van der Waals surface area contributed by atoms with Crippen LogP contribution in [0.1, 0.15) is 32.6 Å². The van der Waals surface area contributed by atoms with Crippen molar-refractivity contribution in [2.24, 2.45) is 5.92 Å². The van der Waals surface area contributed by atoms with Crippen LogP contribution in [0.2, 0.25) is 0 Å². The van der Waals surface area contributed by atoms with Crippen LogP contribution in [0.4, 0.5) is 0 Å². The first-order chi connectivity index (χ1) is 7.69. The summed E-state index contributed by atoms with van der Waals surface area (Å²) in [7, 11) is 0. The SMILES string of the molecule is CCC1(C(=O)O)CCCN1CC1CCSC1. The summed E-state index contributed by atoms with van der Waals surface area (Å²) in [6, 6.07) is 0. The van der Waals surface area contributed by atoms with Gasteiger partial charge < -0.3 is 5.11 Å². The van der Waals surface area contributed by atoms with Crippen LogP contribution in [0.3, 0.4) is 0 Å². The molecule has 3 nitrogen and oxygen atoms in total. The number of nitrogens with zero attached hydrogens (tertiary/aromatic N) is 1. The maximum absolute atomic E-state index is 11.5. The van der Waals surface area contributed by atoms with Crippen molar-refractivity contribution in [3.8, 4) is 0 Å². The van der Waals surface area contributed by atoms with Crippen molar-refractivity contribution in [3.05, 3.63) is 0 Å². The Morgan fingerprint density at radius 2 is 2.44 bits per heavy atom. The van der Waals surface area contributed by atoms with Gasteiger partial charge in [0.2, 0.25) is 0 Å². The fourth-order valence-electron chi connectivity index (χ4n) is 3.03. The van der Waals surface area contributed by atoms with Crippen molar-refractivity contribution in [1.82, 2.24) is 4.90 Å². The molecule has 2 atom stereocenters. The molecular formula is C12H21NO2S. The van der Waals surface area contributed by atoms with Gasteiger partial charge in [-0.3, -0.25) is 9.69 Å². The molecule has 92 valence electrons. The first kappa shape index (κ1) is 12.2. The highest BCUT2D eigenvalue weighted by Gasteiger charge is 2.46. The lowest BCUT2D eigenvalue weighted by Crippen LogP contribution is -2.51. The second-order valence-electron chi connectivity index (χ2n) is 4.97. The molecule has 0 spiro atoms. The number of hydrogen-bond acceptors (Lipinski definition) is 3. The minimum absolute atomic E-state index is 0.548. The molecule has 0 saturated carbocycles. The normalized spacial score (nSPS) is 35.7. The molecule has 0 bridgehead atoms. The van der Waals surface area contributed by atoms with Crippen LogP contribution < -0.4 is 0 Å². The summed E-state index contributed by atoms with van der Waals surface area (Å²) in [6.45, 7) is 3.98. The van der Waals surface area contributed by atoms with E-state index >= 15 is 0 Å². The van der Waals surface area contributed by atoms with E-state index in [1.807, 2.05) is 18.7 Å². The summed E-state index contributed by atoms with van der Waals surface area (Å²) in [5.41, 5.74) is -0.548. The Morgan fingerprint density at radius 3 is 3.00 bits per heavy atom. The molecule has 16 heavy (non-hydrogen) atoms. The van der Waals surface area contributed by atoms with Gasteiger partial charge in [0.05, 0.1) is 0 Å².